The fraction of sp³-hybridized carbons (Fsp3) is 0.308. The molecule has 0 aliphatic carbocycles. The number of nitrogens with two attached hydrogens (primary N) is 1. The molecule has 6 nitrogen and oxygen atoms in total. The number of hydrogen-bond donors (Lipinski definition) is 2. The van der Waals surface area contributed by atoms with Crippen LogP contribution in [0.4, 0.5) is 0 Å². The average molecular weight is 292 g/mol. The number of rotatable bonds is 7. The van der Waals surface area contributed by atoms with Gasteiger partial charge in [0.05, 0.1) is 12.4 Å². The lowest BCUT2D eigenvalue weighted by atomic mass is 10.2. The molecule has 20 heavy (non-hydrogen) atoms. The molecule has 7 heteroatoms. The van der Waals surface area contributed by atoms with Crippen LogP contribution in [-0.4, -0.2) is 33.4 Å². The van der Waals surface area contributed by atoms with Crippen LogP contribution >= 0.6 is 11.8 Å². The Balaban J connectivity index is 2.02. The van der Waals surface area contributed by atoms with Gasteiger partial charge in [-0.2, -0.15) is 0 Å². The van der Waals surface area contributed by atoms with E-state index >= 15 is 0 Å². The largest absolute Gasteiger partial charge is 0.494 e. The smallest absolute Gasteiger partial charge is 0.227 e. The first-order chi connectivity index (χ1) is 9.69. The number of amides is 1. The van der Waals surface area contributed by atoms with E-state index in [9.17, 15) is 4.79 Å². The van der Waals surface area contributed by atoms with Crippen molar-refractivity contribution in [2.24, 2.45) is 5.73 Å². The number of carbonyl (C=O) groups is 1. The molecule has 1 amide bonds. The number of benzene rings is 1. The molecule has 1 heterocycles. The zero-order valence-corrected chi connectivity index (χ0v) is 11.9. The lowest BCUT2D eigenvalue weighted by Crippen LogP contribution is -2.13. The maximum Gasteiger partial charge on any atom is 0.227 e. The zero-order valence-electron chi connectivity index (χ0n) is 11.1. The first-order valence-corrected chi connectivity index (χ1v) is 7.24. The average Bonchev–Trinajstić information content (AvgIpc) is 2.92. The summed E-state index contributed by atoms with van der Waals surface area (Å²) in [5.74, 6) is 1.26. The Morgan fingerprint density at radius 3 is 2.80 bits per heavy atom. The second kappa shape index (κ2) is 6.95. The Labute approximate surface area is 121 Å². The number of H-pyrrole nitrogens is 1. The number of thioether (sulfide) groups is 1. The maximum atomic E-state index is 10.7. The topological polar surface area (TPSA) is 93.9 Å². The number of aromatic nitrogens is 3. The summed E-state index contributed by atoms with van der Waals surface area (Å²) in [4.78, 5) is 15.0. The predicted octanol–water partition coefficient (Wildman–Crippen LogP) is 1.84. The highest BCUT2D eigenvalue weighted by atomic mass is 32.2. The van der Waals surface area contributed by atoms with E-state index in [1.54, 1.807) is 0 Å². The molecule has 0 aliphatic rings. The molecule has 0 atom stereocenters. The van der Waals surface area contributed by atoms with Gasteiger partial charge in [-0.3, -0.25) is 9.89 Å². The van der Waals surface area contributed by atoms with Crippen molar-refractivity contribution in [2.75, 3.05) is 12.4 Å². The standard InChI is InChI=1S/C13H16N4O2S/c1-2-7-19-10-5-3-9(4-6-10)12-15-13(17-16-12)20-8-11(14)18/h3-6H,2,7-8H2,1H3,(H2,14,18)(H,15,16,17). The minimum Gasteiger partial charge on any atom is -0.494 e. The van der Waals surface area contributed by atoms with Gasteiger partial charge in [-0.25, -0.2) is 4.98 Å². The molecular weight excluding hydrogens is 276 g/mol. The van der Waals surface area contributed by atoms with Crippen molar-refractivity contribution < 1.29 is 9.53 Å². The van der Waals surface area contributed by atoms with Crippen molar-refractivity contribution in [1.82, 2.24) is 15.2 Å². The number of primary amides is 1. The van der Waals surface area contributed by atoms with Crippen LogP contribution in [-0.2, 0) is 4.79 Å². The van der Waals surface area contributed by atoms with Gasteiger partial charge >= 0.3 is 0 Å². The third kappa shape index (κ3) is 3.99. The summed E-state index contributed by atoms with van der Waals surface area (Å²) in [5.41, 5.74) is 5.98. The van der Waals surface area contributed by atoms with Gasteiger partial charge in [-0.1, -0.05) is 18.7 Å². The first-order valence-electron chi connectivity index (χ1n) is 6.25. The molecule has 106 valence electrons. The molecule has 1 aromatic carbocycles. The van der Waals surface area contributed by atoms with Gasteiger partial charge in [0.1, 0.15) is 5.75 Å². The van der Waals surface area contributed by atoms with Gasteiger partial charge in [0.2, 0.25) is 11.1 Å². The van der Waals surface area contributed by atoms with E-state index in [-0.39, 0.29) is 5.75 Å². The van der Waals surface area contributed by atoms with E-state index in [1.807, 2.05) is 24.3 Å². The lowest BCUT2D eigenvalue weighted by molar-refractivity contribution is -0.115. The van der Waals surface area contributed by atoms with Crippen LogP contribution in [0.1, 0.15) is 13.3 Å². The van der Waals surface area contributed by atoms with Gasteiger partial charge in [-0.15, -0.1) is 5.10 Å². The predicted molar refractivity (Wildman–Crippen MR) is 77.5 cm³/mol. The van der Waals surface area contributed by atoms with E-state index in [2.05, 4.69) is 22.1 Å². The Bertz CT molecular complexity index is 568. The van der Waals surface area contributed by atoms with Gasteiger partial charge < -0.3 is 10.5 Å². The molecule has 0 saturated heterocycles. The molecule has 2 rings (SSSR count). The molecule has 0 spiro atoms. The Morgan fingerprint density at radius 2 is 2.15 bits per heavy atom. The number of aromatic amines is 1. The van der Waals surface area contributed by atoms with Crippen molar-refractivity contribution in [3.8, 4) is 17.1 Å². The van der Waals surface area contributed by atoms with E-state index in [0.717, 1.165) is 17.7 Å². The molecule has 1 aromatic heterocycles. The number of nitrogens with zero attached hydrogens (tertiary/aromatic N) is 2. The highest BCUT2D eigenvalue weighted by Gasteiger charge is 2.07. The summed E-state index contributed by atoms with van der Waals surface area (Å²) in [7, 11) is 0. The van der Waals surface area contributed by atoms with Crippen molar-refractivity contribution in [3.63, 3.8) is 0 Å². The number of hydrogen-bond acceptors (Lipinski definition) is 5. The summed E-state index contributed by atoms with van der Waals surface area (Å²) < 4.78 is 5.51. The van der Waals surface area contributed by atoms with Crippen LogP contribution in [0.2, 0.25) is 0 Å². The molecule has 0 aliphatic heterocycles. The van der Waals surface area contributed by atoms with Gasteiger partial charge in [0, 0.05) is 5.56 Å². The second-order valence-electron chi connectivity index (χ2n) is 4.09. The van der Waals surface area contributed by atoms with Crippen molar-refractivity contribution in [2.45, 2.75) is 18.5 Å². The number of carbonyl (C=O) groups excluding carboxylic acids is 1. The Hall–Kier alpha value is -2.02. The number of nitrogens with one attached hydrogen (secondary N) is 1. The van der Waals surface area contributed by atoms with Gasteiger partial charge in [-0.05, 0) is 30.7 Å². The fourth-order valence-electron chi connectivity index (χ4n) is 1.50. The van der Waals surface area contributed by atoms with Crippen LogP contribution in [0.25, 0.3) is 11.4 Å². The first kappa shape index (κ1) is 14.4. The highest BCUT2D eigenvalue weighted by Crippen LogP contribution is 2.21. The third-order valence-corrected chi connectivity index (χ3v) is 3.28. The SMILES string of the molecule is CCCOc1ccc(-c2nc(SCC(N)=O)n[nH]2)cc1. The van der Waals surface area contributed by atoms with Crippen molar-refractivity contribution in [3.05, 3.63) is 24.3 Å². The minimum absolute atomic E-state index is 0.168. The molecule has 0 unspecified atom stereocenters. The summed E-state index contributed by atoms with van der Waals surface area (Å²) in [6.07, 6.45) is 0.976. The second-order valence-corrected chi connectivity index (χ2v) is 5.04. The van der Waals surface area contributed by atoms with E-state index in [0.29, 0.717) is 17.6 Å². The molecule has 0 fully saturated rings. The van der Waals surface area contributed by atoms with Crippen molar-refractivity contribution >= 4 is 17.7 Å². The minimum atomic E-state index is -0.390. The number of ether oxygens (including phenoxy) is 1. The summed E-state index contributed by atoms with van der Waals surface area (Å²) in [5, 5.41) is 7.36. The van der Waals surface area contributed by atoms with Crippen LogP contribution in [0.5, 0.6) is 5.75 Å². The van der Waals surface area contributed by atoms with E-state index < -0.39 is 5.91 Å². The molecule has 2 aromatic rings. The quantitative estimate of drug-likeness (QED) is 0.759. The van der Waals surface area contributed by atoms with Crippen LogP contribution in [0, 0.1) is 0 Å². The Morgan fingerprint density at radius 1 is 1.40 bits per heavy atom. The molecular formula is C13H16N4O2S. The normalized spacial score (nSPS) is 10.4. The summed E-state index contributed by atoms with van der Waals surface area (Å²) >= 11 is 1.21. The lowest BCUT2D eigenvalue weighted by Gasteiger charge is -2.04. The molecule has 0 radical (unpaired) electrons. The van der Waals surface area contributed by atoms with Gasteiger partial charge in [0.15, 0.2) is 5.82 Å². The molecule has 3 N–H and O–H groups in total. The van der Waals surface area contributed by atoms with Crippen LogP contribution < -0.4 is 10.5 Å². The van der Waals surface area contributed by atoms with Crippen LogP contribution in [0.15, 0.2) is 29.4 Å². The van der Waals surface area contributed by atoms with Gasteiger partial charge in [0.25, 0.3) is 0 Å². The molecule has 0 bridgehead atoms. The van der Waals surface area contributed by atoms with E-state index in [4.69, 9.17) is 10.5 Å². The van der Waals surface area contributed by atoms with E-state index in [1.165, 1.54) is 11.8 Å². The fourth-order valence-corrected chi connectivity index (χ4v) is 2.04. The summed E-state index contributed by atoms with van der Waals surface area (Å²) in [6.45, 7) is 2.77. The summed E-state index contributed by atoms with van der Waals surface area (Å²) in [6, 6.07) is 7.61. The van der Waals surface area contributed by atoms with Crippen molar-refractivity contribution in [1.29, 1.82) is 0 Å². The maximum absolute atomic E-state index is 10.7. The molecule has 0 saturated carbocycles. The zero-order chi connectivity index (χ0) is 14.4. The monoisotopic (exact) mass is 292 g/mol. The third-order valence-electron chi connectivity index (χ3n) is 2.41. The Kier molecular flexibility index (Phi) is 5.00. The van der Waals surface area contributed by atoms with Crippen LogP contribution in [0.3, 0.4) is 0 Å². The highest BCUT2D eigenvalue weighted by molar-refractivity contribution is 7.99.